The van der Waals surface area contributed by atoms with E-state index in [1.54, 1.807) is 12.2 Å². The molecule has 3 heterocycles. The molecule has 0 saturated carbocycles. The summed E-state index contributed by atoms with van der Waals surface area (Å²) in [4.78, 5) is 30.4. The largest absolute Gasteiger partial charge is 0.355 e. The monoisotopic (exact) mass is 622 g/mol. The molecular weight excluding hydrogens is 581 g/mol. The van der Waals surface area contributed by atoms with Crippen molar-refractivity contribution >= 4 is 40.7 Å². The number of fused-ring (bicyclic) bond motifs is 2. The number of likely N-dealkylation sites (tertiary alicyclic amines) is 1. The summed E-state index contributed by atoms with van der Waals surface area (Å²) in [7, 11) is 0. The first-order valence-corrected chi connectivity index (χ1v) is 15.5. The summed E-state index contributed by atoms with van der Waals surface area (Å²) in [5, 5.41) is 9.37. The van der Waals surface area contributed by atoms with Crippen molar-refractivity contribution in [1.29, 1.82) is 0 Å². The number of carbonyl (C=O) groups is 2. The fourth-order valence-electron chi connectivity index (χ4n) is 6.70. The predicted octanol–water partition coefficient (Wildman–Crippen LogP) is 6.26. The highest BCUT2D eigenvalue weighted by atomic mass is 35.5. The molecule has 0 bridgehead atoms. The topological polar surface area (TPSA) is 73.5 Å². The van der Waals surface area contributed by atoms with Gasteiger partial charge in [0.2, 0.25) is 11.8 Å². The lowest BCUT2D eigenvalue weighted by Crippen LogP contribution is -2.50. The normalized spacial score (nSPS) is 26.3. The van der Waals surface area contributed by atoms with Crippen LogP contribution in [0.25, 0.3) is 0 Å². The first-order chi connectivity index (χ1) is 19.9. The van der Waals surface area contributed by atoms with E-state index in [2.05, 4.69) is 48.2 Å². The summed E-state index contributed by atoms with van der Waals surface area (Å²) < 4.78 is 28.0. The molecule has 4 atom stereocenters. The van der Waals surface area contributed by atoms with Crippen molar-refractivity contribution in [3.8, 4) is 0 Å². The fourth-order valence-corrected chi connectivity index (χ4v) is 6.93. The van der Waals surface area contributed by atoms with E-state index in [1.807, 2.05) is 0 Å². The van der Waals surface area contributed by atoms with Crippen LogP contribution in [0.1, 0.15) is 58.4 Å². The minimum atomic E-state index is -1.35. The summed E-state index contributed by atoms with van der Waals surface area (Å²) in [6, 6.07) is 1.37. The van der Waals surface area contributed by atoms with Gasteiger partial charge in [0.05, 0.1) is 11.1 Å². The average molecular weight is 624 g/mol. The Morgan fingerprint density at radius 2 is 1.98 bits per heavy atom. The molecule has 1 aromatic rings. The fraction of sp³-hybridized carbons (Fsp3) is 0.562. The van der Waals surface area contributed by atoms with E-state index in [-0.39, 0.29) is 27.3 Å². The highest BCUT2D eigenvalue weighted by molar-refractivity contribution is 6.31. The van der Waals surface area contributed by atoms with Crippen LogP contribution in [-0.4, -0.2) is 61.7 Å². The van der Waals surface area contributed by atoms with E-state index in [0.717, 1.165) is 32.5 Å². The van der Waals surface area contributed by atoms with Gasteiger partial charge in [0.15, 0.2) is 0 Å². The molecule has 2 saturated heterocycles. The molecule has 1 spiro atoms. The summed E-state index contributed by atoms with van der Waals surface area (Å²) in [6.45, 7) is 13.4. The number of halogens is 4. The molecule has 6 nitrogen and oxygen atoms in total. The van der Waals surface area contributed by atoms with Crippen molar-refractivity contribution < 1.29 is 18.4 Å². The van der Waals surface area contributed by atoms with E-state index >= 15 is 0 Å². The second-order valence-corrected chi connectivity index (χ2v) is 13.7. The van der Waals surface area contributed by atoms with Crippen molar-refractivity contribution in [2.45, 2.75) is 70.4 Å². The third kappa shape index (κ3) is 6.93. The molecule has 3 N–H and O–H groups in total. The Morgan fingerprint density at radius 3 is 2.64 bits per heavy atom. The van der Waals surface area contributed by atoms with Crippen LogP contribution in [-0.2, 0) is 15.0 Å². The Labute approximate surface area is 258 Å². The van der Waals surface area contributed by atoms with Crippen LogP contribution in [0.15, 0.2) is 47.5 Å². The molecule has 10 heteroatoms. The van der Waals surface area contributed by atoms with E-state index in [0.29, 0.717) is 29.8 Å². The van der Waals surface area contributed by atoms with Crippen LogP contribution >= 0.6 is 23.2 Å². The second-order valence-electron chi connectivity index (χ2n) is 12.8. The molecular formula is C32H42Cl2F2N4O2. The van der Waals surface area contributed by atoms with E-state index in [4.69, 9.17) is 23.2 Å². The molecule has 42 heavy (non-hydrogen) atoms. The van der Waals surface area contributed by atoms with E-state index in [1.165, 1.54) is 31.1 Å². The molecule has 0 aromatic heterocycles. The predicted molar refractivity (Wildman–Crippen MR) is 166 cm³/mol. The van der Waals surface area contributed by atoms with Gasteiger partial charge in [-0.15, -0.1) is 0 Å². The number of hydrogen-bond donors (Lipinski definition) is 3. The molecule has 3 aliphatic rings. The lowest BCUT2D eigenvalue weighted by atomic mass is 9.62. The zero-order chi connectivity index (χ0) is 30.7. The summed E-state index contributed by atoms with van der Waals surface area (Å²) >= 11 is 12.0. The van der Waals surface area contributed by atoms with Gasteiger partial charge in [-0.1, -0.05) is 62.7 Å². The van der Waals surface area contributed by atoms with Gasteiger partial charge in [-0.25, -0.2) is 8.78 Å². The molecule has 2 fully saturated rings. The van der Waals surface area contributed by atoms with Gasteiger partial charge in [0.25, 0.3) is 0 Å². The molecule has 1 aromatic carbocycles. The number of hydrogen-bond acceptors (Lipinski definition) is 4. The van der Waals surface area contributed by atoms with Crippen molar-refractivity contribution in [1.82, 2.24) is 15.5 Å². The van der Waals surface area contributed by atoms with Gasteiger partial charge in [0, 0.05) is 29.2 Å². The Morgan fingerprint density at radius 1 is 1.26 bits per heavy atom. The average Bonchev–Trinajstić information content (AvgIpc) is 3.62. The van der Waals surface area contributed by atoms with Crippen molar-refractivity contribution in [3.63, 3.8) is 0 Å². The van der Waals surface area contributed by atoms with E-state index in [9.17, 15) is 18.4 Å². The number of nitrogens with zero attached hydrogens (tertiary/aromatic N) is 1. The van der Waals surface area contributed by atoms with Gasteiger partial charge in [-0.2, -0.15) is 0 Å². The Kier molecular flexibility index (Phi) is 10.6. The molecule has 3 aliphatic heterocycles. The molecule has 230 valence electrons. The van der Waals surface area contributed by atoms with Crippen molar-refractivity contribution in [2.75, 3.05) is 38.2 Å². The quantitative estimate of drug-likeness (QED) is 0.201. The van der Waals surface area contributed by atoms with Gasteiger partial charge in [-0.3, -0.25) is 9.59 Å². The number of allylic oxidation sites excluding steroid dienone is 4. The molecule has 4 rings (SSSR count). The molecule has 0 radical (unpaired) electrons. The zero-order valence-corrected chi connectivity index (χ0v) is 26.2. The summed E-state index contributed by atoms with van der Waals surface area (Å²) in [6.07, 6.45) is 9.41. The van der Waals surface area contributed by atoms with Gasteiger partial charge < -0.3 is 20.9 Å². The third-order valence-corrected chi connectivity index (χ3v) is 9.01. The Balaban J connectivity index is 1.69. The highest BCUT2D eigenvalue weighted by Gasteiger charge is 2.65. The Bertz CT molecular complexity index is 1260. The molecule has 0 unspecified atom stereocenters. The number of anilines is 1. The lowest BCUT2D eigenvalue weighted by Gasteiger charge is -2.37. The zero-order valence-electron chi connectivity index (χ0n) is 24.7. The minimum absolute atomic E-state index is 0.00723. The van der Waals surface area contributed by atoms with Crippen LogP contribution in [0.3, 0.4) is 0 Å². The maximum atomic E-state index is 15.0. The number of carbonyl (C=O) groups excluding carboxylic acids is 2. The Hall–Kier alpha value is -2.26. The maximum absolute atomic E-state index is 15.0. The van der Waals surface area contributed by atoms with Crippen LogP contribution in [0, 0.1) is 17.2 Å². The smallest absolute Gasteiger partial charge is 0.237 e. The first-order valence-electron chi connectivity index (χ1n) is 14.7. The molecule has 0 aliphatic carbocycles. The van der Waals surface area contributed by atoms with Crippen LogP contribution in [0.5, 0.6) is 0 Å². The number of unbranched alkanes of at least 4 members (excludes halogenated alkanes) is 1. The lowest BCUT2D eigenvalue weighted by molar-refractivity contribution is -0.124. The standard InChI is InChI=1S/C32H42Cl2F2N4O2/c1-20(10-9-11-21(33)19-35)27-28(29(41)37-12-5-6-13-40-14-7-8-15-40)39-26(18-31(2,3)4)32(27)22-16-24(36)23(34)17-25(22)38-30(32)42/h9-11,16-17,26-28,39H,1,5-8,12-15,18-19H2,2-4H3,(H,37,41)(H,38,42)/b10-9-,21-11+/t26-,27+,28-,32+/m1/s1. The maximum Gasteiger partial charge on any atom is 0.237 e. The van der Waals surface area contributed by atoms with Gasteiger partial charge in [-0.05, 0) is 86.5 Å². The van der Waals surface area contributed by atoms with Crippen LogP contribution < -0.4 is 16.0 Å². The van der Waals surface area contributed by atoms with E-state index < -0.39 is 35.9 Å². The molecule has 2 amide bonds. The van der Waals surface area contributed by atoms with Gasteiger partial charge >= 0.3 is 0 Å². The summed E-state index contributed by atoms with van der Waals surface area (Å²) in [5.41, 5.74) is -0.267. The van der Waals surface area contributed by atoms with Crippen molar-refractivity contribution in [3.05, 3.63) is 63.9 Å². The van der Waals surface area contributed by atoms with Crippen molar-refractivity contribution in [2.24, 2.45) is 11.3 Å². The first kappa shape index (κ1) is 32.6. The van der Waals surface area contributed by atoms with Gasteiger partial charge in [0.1, 0.15) is 17.9 Å². The van der Waals surface area contributed by atoms with Crippen LogP contribution in [0.4, 0.5) is 14.5 Å². The number of nitrogens with one attached hydrogen (secondary N) is 3. The summed E-state index contributed by atoms with van der Waals surface area (Å²) in [5.74, 6) is -2.02. The number of benzene rings is 1. The number of amides is 2. The minimum Gasteiger partial charge on any atom is -0.355 e. The van der Waals surface area contributed by atoms with Crippen LogP contribution in [0.2, 0.25) is 5.02 Å². The third-order valence-electron chi connectivity index (χ3n) is 8.50. The number of alkyl halides is 1. The highest BCUT2D eigenvalue weighted by Crippen LogP contribution is 2.55. The number of rotatable bonds is 11. The second kappa shape index (κ2) is 13.6. The SMILES string of the molecule is C=C(/C=C\C=C(\Cl)CF)[C@H]1[C@H](C(=O)NCCCCN2CCCC2)N[C@H](CC(C)(C)C)[C@]12C(=O)Nc1cc(Cl)c(F)cc12.